The molecule has 1 aromatic rings. The average Bonchev–Trinajstić information content (AvgIpc) is 2.81. The van der Waals surface area contributed by atoms with Gasteiger partial charge in [0, 0.05) is 6.92 Å². The van der Waals surface area contributed by atoms with Gasteiger partial charge in [-0.25, -0.2) is 0 Å². The Morgan fingerprint density at radius 1 is 0.879 bits per heavy atom. The molecule has 186 valence electrons. The number of aliphatic hydroxyl groups excluding tert-OH is 6. The molecule has 0 saturated carbocycles. The lowest BCUT2D eigenvalue weighted by molar-refractivity contribution is -0.360. The predicted octanol–water partition coefficient (Wildman–Crippen LogP) is -2.60. The number of hydrogen-bond acceptors (Lipinski definition) is 12. The van der Waals surface area contributed by atoms with Crippen LogP contribution in [0, 0.1) is 0 Å². The molecule has 0 radical (unpaired) electrons. The highest BCUT2D eigenvalue weighted by atomic mass is 16.7. The second-order valence-corrected chi connectivity index (χ2v) is 7.92. The van der Waals surface area contributed by atoms with E-state index in [1.165, 1.54) is 0 Å². The van der Waals surface area contributed by atoms with E-state index in [1.807, 2.05) is 18.2 Å². The van der Waals surface area contributed by atoms with Crippen molar-refractivity contribution in [1.82, 2.24) is 0 Å². The summed E-state index contributed by atoms with van der Waals surface area (Å²) in [5.41, 5.74) is 0.798. The van der Waals surface area contributed by atoms with E-state index in [0.29, 0.717) is 0 Å². The van der Waals surface area contributed by atoms with Gasteiger partial charge >= 0.3 is 5.97 Å². The molecular formula is C21H30O12. The maximum Gasteiger partial charge on any atom is 0.302 e. The fraction of sp³-hybridized carbons (Fsp3) is 0.667. The minimum atomic E-state index is -1.75. The van der Waals surface area contributed by atoms with Gasteiger partial charge in [-0.1, -0.05) is 30.3 Å². The zero-order chi connectivity index (χ0) is 24.1. The Hall–Kier alpha value is -1.71. The van der Waals surface area contributed by atoms with E-state index in [-0.39, 0.29) is 6.61 Å². The molecule has 0 amide bonds. The summed E-state index contributed by atoms with van der Waals surface area (Å²) >= 11 is 0. The molecule has 3 rings (SSSR count). The van der Waals surface area contributed by atoms with Gasteiger partial charge in [-0.05, 0) is 5.56 Å². The summed E-state index contributed by atoms with van der Waals surface area (Å²) in [4.78, 5) is 11.1. The lowest BCUT2D eigenvalue weighted by Gasteiger charge is -2.46. The number of aliphatic hydroxyl groups is 6. The highest BCUT2D eigenvalue weighted by Gasteiger charge is 2.50. The van der Waals surface area contributed by atoms with Gasteiger partial charge in [0.1, 0.15) is 55.4 Å². The lowest BCUT2D eigenvalue weighted by atomic mass is 9.97. The first kappa shape index (κ1) is 25.9. The van der Waals surface area contributed by atoms with Crippen LogP contribution in [0.15, 0.2) is 30.3 Å². The summed E-state index contributed by atoms with van der Waals surface area (Å²) in [6.07, 6.45) is -14.9. The number of hydrogen-bond donors (Lipinski definition) is 6. The molecule has 33 heavy (non-hydrogen) atoms. The first-order valence-corrected chi connectivity index (χ1v) is 10.5. The first-order chi connectivity index (χ1) is 15.7. The highest BCUT2D eigenvalue weighted by molar-refractivity contribution is 5.65. The first-order valence-electron chi connectivity index (χ1n) is 10.5. The Morgan fingerprint density at radius 2 is 1.52 bits per heavy atom. The van der Waals surface area contributed by atoms with Crippen molar-refractivity contribution in [3.8, 4) is 0 Å². The minimum Gasteiger partial charge on any atom is -0.463 e. The van der Waals surface area contributed by atoms with Crippen molar-refractivity contribution in [2.75, 3.05) is 13.2 Å². The van der Waals surface area contributed by atoms with Crippen LogP contribution in [0.4, 0.5) is 0 Å². The summed E-state index contributed by atoms with van der Waals surface area (Å²) in [6, 6.07) is 9.05. The van der Waals surface area contributed by atoms with Crippen molar-refractivity contribution in [3.63, 3.8) is 0 Å². The van der Waals surface area contributed by atoms with Crippen LogP contribution in [-0.2, 0) is 35.1 Å². The van der Waals surface area contributed by atoms with Crippen molar-refractivity contribution in [2.45, 2.75) is 74.9 Å². The topological polar surface area (TPSA) is 185 Å². The molecule has 1 aromatic carbocycles. The van der Waals surface area contributed by atoms with Crippen LogP contribution in [-0.4, -0.2) is 111 Å². The molecule has 0 aromatic heterocycles. The Balaban J connectivity index is 1.65. The molecule has 0 bridgehead atoms. The zero-order valence-electron chi connectivity index (χ0n) is 17.9. The molecular weight excluding hydrogens is 444 g/mol. The number of ether oxygens (including phenoxy) is 5. The third-order valence-electron chi connectivity index (χ3n) is 5.49. The van der Waals surface area contributed by atoms with Crippen molar-refractivity contribution in [3.05, 3.63) is 35.9 Å². The maximum absolute atomic E-state index is 11.1. The molecule has 2 fully saturated rings. The summed E-state index contributed by atoms with van der Waals surface area (Å²) in [5, 5.41) is 61.3. The SMILES string of the molecule is CC(=O)OC[C@H]1O[C@@H](O[C@H]2[C@H](O)[C@@H](O)[C@H](OCc3ccccc3)O[C@@H]2CO)[C@H](O)[C@@H](O)[C@H]1O. The van der Waals surface area contributed by atoms with E-state index in [2.05, 4.69) is 0 Å². The van der Waals surface area contributed by atoms with Gasteiger partial charge < -0.3 is 54.3 Å². The smallest absolute Gasteiger partial charge is 0.302 e. The van der Waals surface area contributed by atoms with Gasteiger partial charge in [0.05, 0.1) is 13.2 Å². The number of carbonyl (C=O) groups is 1. The van der Waals surface area contributed by atoms with Crippen LogP contribution in [0.1, 0.15) is 12.5 Å². The molecule has 6 N–H and O–H groups in total. The highest BCUT2D eigenvalue weighted by Crippen LogP contribution is 2.30. The number of rotatable bonds is 8. The van der Waals surface area contributed by atoms with Gasteiger partial charge in [0.2, 0.25) is 0 Å². The Labute approximate surface area is 189 Å². The molecule has 2 aliphatic rings. The number of benzene rings is 1. The second kappa shape index (κ2) is 11.6. The van der Waals surface area contributed by atoms with Crippen LogP contribution in [0.5, 0.6) is 0 Å². The fourth-order valence-corrected chi connectivity index (χ4v) is 3.63. The summed E-state index contributed by atoms with van der Waals surface area (Å²) in [7, 11) is 0. The van der Waals surface area contributed by atoms with Crippen LogP contribution in [0.2, 0.25) is 0 Å². The summed E-state index contributed by atoms with van der Waals surface area (Å²) < 4.78 is 26.9. The van der Waals surface area contributed by atoms with Gasteiger partial charge in [-0.3, -0.25) is 4.79 Å². The number of carbonyl (C=O) groups excluding carboxylic acids is 1. The lowest BCUT2D eigenvalue weighted by Crippen LogP contribution is -2.64. The van der Waals surface area contributed by atoms with E-state index in [9.17, 15) is 35.4 Å². The van der Waals surface area contributed by atoms with Gasteiger partial charge in [-0.15, -0.1) is 0 Å². The van der Waals surface area contributed by atoms with Crippen molar-refractivity contribution < 1.29 is 59.1 Å². The number of esters is 1. The van der Waals surface area contributed by atoms with E-state index >= 15 is 0 Å². The zero-order valence-corrected chi connectivity index (χ0v) is 17.9. The summed E-state index contributed by atoms with van der Waals surface area (Å²) in [5.74, 6) is -0.648. The van der Waals surface area contributed by atoms with Crippen LogP contribution < -0.4 is 0 Å². The fourth-order valence-electron chi connectivity index (χ4n) is 3.63. The molecule has 2 heterocycles. The maximum atomic E-state index is 11.1. The molecule has 12 nitrogen and oxygen atoms in total. The third-order valence-corrected chi connectivity index (χ3v) is 5.49. The quantitative estimate of drug-likeness (QED) is 0.216. The van der Waals surface area contributed by atoms with Crippen LogP contribution in [0.3, 0.4) is 0 Å². The normalized spacial score (nSPS) is 39.2. The standard InChI is InChI=1S/C21H30O12/c1-10(23)29-9-13-14(24)15(25)17(27)21(32-13)33-19-12(7-22)31-20(18(28)16(19)26)30-8-11-5-3-2-4-6-11/h2-6,12-22,24-28H,7-9H2,1H3/t12-,13-,14+,15+,16-,17-,18-,19-,20-,21+/m1/s1. The molecule has 0 aliphatic carbocycles. The van der Waals surface area contributed by atoms with E-state index < -0.39 is 80.6 Å². The van der Waals surface area contributed by atoms with Crippen molar-refractivity contribution in [2.24, 2.45) is 0 Å². The molecule has 0 unspecified atom stereocenters. The second-order valence-electron chi connectivity index (χ2n) is 7.92. The van der Waals surface area contributed by atoms with Gasteiger partial charge in [0.15, 0.2) is 12.6 Å². The van der Waals surface area contributed by atoms with Crippen molar-refractivity contribution in [1.29, 1.82) is 0 Å². The molecule has 0 spiro atoms. The predicted molar refractivity (Wildman–Crippen MR) is 107 cm³/mol. The van der Waals surface area contributed by atoms with E-state index in [1.54, 1.807) is 12.1 Å². The molecule has 2 aliphatic heterocycles. The Kier molecular flexibility index (Phi) is 9.12. The van der Waals surface area contributed by atoms with Gasteiger partial charge in [0.25, 0.3) is 0 Å². The van der Waals surface area contributed by atoms with Gasteiger partial charge in [-0.2, -0.15) is 0 Å². The Morgan fingerprint density at radius 3 is 2.15 bits per heavy atom. The summed E-state index contributed by atoms with van der Waals surface area (Å²) in [6.45, 7) is 0.162. The molecule has 12 heteroatoms. The third kappa shape index (κ3) is 6.25. The van der Waals surface area contributed by atoms with E-state index in [0.717, 1.165) is 12.5 Å². The van der Waals surface area contributed by atoms with Crippen molar-refractivity contribution >= 4 is 5.97 Å². The Bertz CT molecular complexity index is 746. The average molecular weight is 474 g/mol. The van der Waals surface area contributed by atoms with Crippen LogP contribution >= 0.6 is 0 Å². The largest absolute Gasteiger partial charge is 0.463 e. The minimum absolute atomic E-state index is 0.0747. The monoisotopic (exact) mass is 474 g/mol. The van der Waals surface area contributed by atoms with Crippen LogP contribution in [0.25, 0.3) is 0 Å². The molecule has 10 atom stereocenters. The molecule has 2 saturated heterocycles. The van der Waals surface area contributed by atoms with E-state index in [4.69, 9.17) is 23.7 Å².